The number of nitrogens with one attached hydrogen (secondary N) is 2. The largest absolute Gasteiger partial charge is 0.351 e. The summed E-state index contributed by atoms with van der Waals surface area (Å²) in [7, 11) is 0. The van der Waals surface area contributed by atoms with Gasteiger partial charge in [-0.05, 0) is 42.0 Å². The fourth-order valence-electron chi connectivity index (χ4n) is 2.11. The zero-order chi connectivity index (χ0) is 16.8. The monoisotopic (exact) mass is 344 g/mol. The second-order valence-corrected chi connectivity index (χ2v) is 5.60. The van der Waals surface area contributed by atoms with E-state index in [0.717, 1.165) is 16.5 Å². The van der Waals surface area contributed by atoms with Crippen molar-refractivity contribution in [3.05, 3.63) is 69.8 Å². The Hall–Kier alpha value is -2.41. The Balaban J connectivity index is 0.000000924. The number of amides is 1. The Labute approximate surface area is 144 Å². The van der Waals surface area contributed by atoms with Crippen molar-refractivity contribution in [2.45, 2.75) is 6.54 Å². The van der Waals surface area contributed by atoms with E-state index in [2.05, 4.69) is 23.1 Å². The van der Waals surface area contributed by atoms with E-state index in [0.29, 0.717) is 22.3 Å². The number of carbonyl (C=O) groups is 1. The molecule has 0 unspecified atom stereocenters. The number of benzene rings is 2. The van der Waals surface area contributed by atoms with Gasteiger partial charge in [0, 0.05) is 27.5 Å². The summed E-state index contributed by atoms with van der Waals surface area (Å²) in [4.78, 5) is 15.2. The van der Waals surface area contributed by atoms with E-state index in [9.17, 15) is 4.79 Å². The van der Waals surface area contributed by atoms with Gasteiger partial charge in [-0.3, -0.25) is 4.79 Å². The molecule has 1 heterocycles. The fourth-order valence-corrected chi connectivity index (χ4v) is 2.41. The van der Waals surface area contributed by atoms with Crippen molar-refractivity contribution in [3.8, 4) is 12.8 Å². The number of hydrogen-bond donors (Lipinski definition) is 2. The fraction of sp³-hybridized carbons (Fsp3) is 0.0556. The molecule has 1 aromatic heterocycles. The lowest BCUT2D eigenvalue weighted by molar-refractivity contribution is 0.0947. The van der Waals surface area contributed by atoms with Gasteiger partial charge in [0.15, 0.2) is 0 Å². The first-order chi connectivity index (χ1) is 11.1. The predicted octanol–water partition coefficient (Wildman–Crippen LogP) is 4.65. The van der Waals surface area contributed by atoms with Crippen LogP contribution < -0.4 is 5.32 Å². The Morgan fingerprint density at radius 1 is 1.00 bits per heavy atom. The molecule has 0 aliphatic carbocycles. The lowest BCUT2D eigenvalue weighted by Crippen LogP contribution is -2.22. The molecule has 116 valence electrons. The molecular formula is C18H14Cl2N2O. The summed E-state index contributed by atoms with van der Waals surface area (Å²) >= 11 is 11.8. The van der Waals surface area contributed by atoms with Crippen molar-refractivity contribution in [1.82, 2.24) is 10.3 Å². The number of aromatic nitrogens is 1. The van der Waals surface area contributed by atoms with Crippen molar-refractivity contribution in [3.63, 3.8) is 0 Å². The minimum absolute atomic E-state index is 0.155. The summed E-state index contributed by atoms with van der Waals surface area (Å²) < 4.78 is 0. The molecule has 3 rings (SSSR count). The zero-order valence-corrected chi connectivity index (χ0v) is 13.7. The first-order valence-electron chi connectivity index (χ1n) is 6.76. The molecule has 0 saturated heterocycles. The molecule has 0 atom stereocenters. The van der Waals surface area contributed by atoms with Crippen molar-refractivity contribution in [2.75, 3.05) is 0 Å². The molecule has 1 amide bonds. The molecule has 3 nitrogen and oxygen atoms in total. The van der Waals surface area contributed by atoms with Crippen LogP contribution in [0.15, 0.2) is 48.5 Å². The molecule has 2 aromatic carbocycles. The van der Waals surface area contributed by atoms with Gasteiger partial charge < -0.3 is 10.3 Å². The Kier molecular flexibility index (Phi) is 5.70. The third-order valence-corrected chi connectivity index (χ3v) is 3.68. The number of fused-ring (bicyclic) bond motifs is 1. The van der Waals surface area contributed by atoms with Crippen LogP contribution in [0.4, 0.5) is 0 Å². The number of halogens is 2. The van der Waals surface area contributed by atoms with Gasteiger partial charge in [-0.2, -0.15) is 0 Å². The van der Waals surface area contributed by atoms with Crippen LogP contribution in [0.25, 0.3) is 10.9 Å². The molecule has 0 saturated carbocycles. The molecule has 3 aromatic rings. The highest BCUT2D eigenvalue weighted by atomic mass is 35.5. The van der Waals surface area contributed by atoms with Gasteiger partial charge >= 0.3 is 0 Å². The molecule has 2 N–H and O–H groups in total. The Bertz CT molecular complexity index is 835. The molecule has 0 bridgehead atoms. The predicted molar refractivity (Wildman–Crippen MR) is 95.8 cm³/mol. The van der Waals surface area contributed by atoms with E-state index >= 15 is 0 Å². The number of aromatic amines is 1. The summed E-state index contributed by atoms with van der Waals surface area (Å²) in [5.74, 6) is -0.155. The van der Waals surface area contributed by atoms with E-state index in [1.165, 1.54) is 0 Å². The molecule has 23 heavy (non-hydrogen) atoms. The Morgan fingerprint density at radius 3 is 2.35 bits per heavy atom. The second kappa shape index (κ2) is 7.73. The third-order valence-electron chi connectivity index (χ3n) is 3.19. The van der Waals surface area contributed by atoms with Crippen molar-refractivity contribution < 1.29 is 4.79 Å². The quantitative estimate of drug-likeness (QED) is 0.667. The SMILES string of the molecule is C#C.O=C(NCc1ccc(Cl)cc1)c1cc2cc(Cl)ccc2[nH]1. The van der Waals surface area contributed by atoms with Crippen LogP contribution in [-0.4, -0.2) is 10.9 Å². The van der Waals surface area contributed by atoms with E-state index in [-0.39, 0.29) is 5.91 Å². The summed E-state index contributed by atoms with van der Waals surface area (Å²) in [5, 5.41) is 5.11. The molecule has 0 radical (unpaired) electrons. The van der Waals surface area contributed by atoms with Gasteiger partial charge in [-0.15, -0.1) is 12.8 Å². The number of carbonyl (C=O) groups excluding carboxylic acids is 1. The number of terminal acetylenes is 1. The van der Waals surface area contributed by atoms with E-state index in [1.807, 2.05) is 24.3 Å². The zero-order valence-electron chi connectivity index (χ0n) is 12.1. The van der Waals surface area contributed by atoms with Gasteiger partial charge in [0.05, 0.1) is 0 Å². The minimum Gasteiger partial charge on any atom is -0.351 e. The average Bonchev–Trinajstić information content (AvgIpc) is 2.99. The van der Waals surface area contributed by atoms with Gasteiger partial charge in [-0.1, -0.05) is 35.3 Å². The maximum Gasteiger partial charge on any atom is 0.267 e. The smallest absolute Gasteiger partial charge is 0.267 e. The average molecular weight is 345 g/mol. The van der Waals surface area contributed by atoms with Crippen LogP contribution in [-0.2, 0) is 6.54 Å². The van der Waals surface area contributed by atoms with Gasteiger partial charge in [0.2, 0.25) is 0 Å². The second-order valence-electron chi connectivity index (χ2n) is 4.72. The van der Waals surface area contributed by atoms with Gasteiger partial charge in [-0.25, -0.2) is 0 Å². The maximum absolute atomic E-state index is 12.1. The summed E-state index contributed by atoms with van der Waals surface area (Å²) in [6.07, 6.45) is 8.00. The van der Waals surface area contributed by atoms with E-state index < -0.39 is 0 Å². The van der Waals surface area contributed by atoms with E-state index in [1.54, 1.807) is 24.3 Å². The number of rotatable bonds is 3. The summed E-state index contributed by atoms with van der Waals surface area (Å²) in [6, 6.07) is 14.6. The highest BCUT2D eigenvalue weighted by molar-refractivity contribution is 6.31. The Morgan fingerprint density at radius 2 is 1.65 bits per heavy atom. The lowest BCUT2D eigenvalue weighted by atomic mass is 10.2. The van der Waals surface area contributed by atoms with Crippen LogP contribution in [0, 0.1) is 12.8 Å². The molecule has 0 aliphatic rings. The van der Waals surface area contributed by atoms with E-state index in [4.69, 9.17) is 23.2 Å². The molecule has 0 spiro atoms. The van der Waals surface area contributed by atoms with Crippen LogP contribution in [0.1, 0.15) is 16.1 Å². The highest BCUT2D eigenvalue weighted by Crippen LogP contribution is 2.20. The lowest BCUT2D eigenvalue weighted by Gasteiger charge is -2.04. The number of H-pyrrole nitrogens is 1. The first-order valence-corrected chi connectivity index (χ1v) is 7.52. The summed E-state index contributed by atoms with van der Waals surface area (Å²) in [6.45, 7) is 0.451. The molecule has 0 fully saturated rings. The first kappa shape index (κ1) is 17.0. The van der Waals surface area contributed by atoms with Crippen LogP contribution in [0.2, 0.25) is 10.0 Å². The van der Waals surface area contributed by atoms with Gasteiger partial charge in [0.25, 0.3) is 5.91 Å². The standard InChI is InChI=1S/C16H12Cl2N2O.C2H2/c17-12-3-1-10(2-4-12)9-19-16(21)15-8-11-7-13(18)5-6-14(11)20-15;1-2/h1-8,20H,9H2,(H,19,21);1-2H. The normalized spacial score (nSPS) is 9.91. The third kappa shape index (κ3) is 4.29. The topological polar surface area (TPSA) is 44.9 Å². The number of hydrogen-bond acceptors (Lipinski definition) is 1. The van der Waals surface area contributed by atoms with Crippen molar-refractivity contribution >= 4 is 40.0 Å². The van der Waals surface area contributed by atoms with Crippen LogP contribution in [0.5, 0.6) is 0 Å². The minimum atomic E-state index is -0.155. The molecule has 5 heteroatoms. The van der Waals surface area contributed by atoms with Gasteiger partial charge in [0.1, 0.15) is 5.69 Å². The molecular weight excluding hydrogens is 331 g/mol. The van der Waals surface area contributed by atoms with Crippen LogP contribution in [0.3, 0.4) is 0 Å². The van der Waals surface area contributed by atoms with Crippen molar-refractivity contribution in [1.29, 1.82) is 0 Å². The molecule has 0 aliphatic heterocycles. The highest BCUT2D eigenvalue weighted by Gasteiger charge is 2.09. The van der Waals surface area contributed by atoms with Crippen LogP contribution >= 0.6 is 23.2 Å². The maximum atomic E-state index is 12.1. The van der Waals surface area contributed by atoms with Crippen molar-refractivity contribution in [2.24, 2.45) is 0 Å². The summed E-state index contributed by atoms with van der Waals surface area (Å²) in [5.41, 5.74) is 2.39.